The molecule has 1 aromatic carbocycles. The monoisotopic (exact) mass is 324 g/mol. The molecule has 0 aliphatic heterocycles. The molecule has 0 bridgehead atoms. The van der Waals surface area contributed by atoms with Crippen molar-refractivity contribution < 1.29 is 14.3 Å². The van der Waals surface area contributed by atoms with Gasteiger partial charge in [-0.25, -0.2) is 4.79 Å². The number of nitrogens with zero attached hydrogens (tertiary/aromatic N) is 1. The van der Waals surface area contributed by atoms with Gasteiger partial charge in [0.05, 0.1) is 6.61 Å². The highest BCUT2D eigenvalue weighted by Crippen LogP contribution is 2.23. The van der Waals surface area contributed by atoms with Crippen LogP contribution in [0.3, 0.4) is 0 Å². The minimum absolute atomic E-state index is 0.0120. The zero-order chi connectivity index (χ0) is 17.5. The van der Waals surface area contributed by atoms with E-state index >= 15 is 0 Å². The van der Waals surface area contributed by atoms with Gasteiger partial charge < -0.3 is 10.1 Å². The Morgan fingerprint density at radius 3 is 2.62 bits per heavy atom. The van der Waals surface area contributed by atoms with Crippen LogP contribution in [0, 0.1) is 6.92 Å². The van der Waals surface area contributed by atoms with Crippen molar-refractivity contribution in [3.8, 4) is 11.1 Å². The van der Waals surface area contributed by atoms with Gasteiger partial charge in [-0.2, -0.15) is 0 Å². The number of nitrogens with one attached hydrogen (secondary N) is 1. The maximum atomic E-state index is 11.8. The molecule has 0 fully saturated rings. The van der Waals surface area contributed by atoms with Crippen molar-refractivity contribution in [3.05, 3.63) is 60.1 Å². The molecule has 0 radical (unpaired) electrons. The number of hydrogen-bond donors (Lipinski definition) is 1. The third kappa shape index (κ3) is 4.52. The summed E-state index contributed by atoms with van der Waals surface area (Å²) in [6, 6.07) is 11.6. The van der Waals surface area contributed by atoms with Gasteiger partial charge in [0.25, 0.3) is 0 Å². The Labute approximate surface area is 141 Å². The van der Waals surface area contributed by atoms with Crippen molar-refractivity contribution in [3.63, 3.8) is 0 Å². The lowest BCUT2D eigenvalue weighted by Crippen LogP contribution is -2.15. The summed E-state index contributed by atoms with van der Waals surface area (Å²) in [6.07, 6.45) is 3.15. The van der Waals surface area contributed by atoms with Gasteiger partial charge >= 0.3 is 5.97 Å². The number of aryl methyl sites for hydroxylation is 1. The second kappa shape index (κ2) is 8.06. The molecule has 0 saturated heterocycles. The first kappa shape index (κ1) is 17.4. The summed E-state index contributed by atoms with van der Waals surface area (Å²) in [5.41, 5.74) is 3.76. The lowest BCUT2D eigenvalue weighted by Gasteiger charge is -2.08. The lowest BCUT2D eigenvalue weighted by atomic mass is 10.1. The van der Waals surface area contributed by atoms with Gasteiger partial charge in [-0.15, -0.1) is 0 Å². The second-order valence-corrected chi connectivity index (χ2v) is 5.25. The highest BCUT2D eigenvalue weighted by atomic mass is 16.5. The Kier molecular flexibility index (Phi) is 5.84. The number of pyridine rings is 1. The SMILES string of the molecule is CCOC(=O)/C(=C\Nc1cccc(-c2ccnc(C)c2)c1)C(C)=O. The molecule has 24 heavy (non-hydrogen) atoms. The fraction of sp³-hybridized carbons (Fsp3) is 0.211. The number of rotatable bonds is 6. The van der Waals surface area contributed by atoms with Gasteiger partial charge in [-0.05, 0) is 56.2 Å². The van der Waals surface area contributed by atoms with Gasteiger partial charge in [-0.3, -0.25) is 9.78 Å². The molecule has 1 heterocycles. The predicted molar refractivity (Wildman–Crippen MR) is 93.4 cm³/mol. The second-order valence-electron chi connectivity index (χ2n) is 5.25. The largest absolute Gasteiger partial charge is 0.462 e. The van der Waals surface area contributed by atoms with E-state index in [0.29, 0.717) is 0 Å². The summed E-state index contributed by atoms with van der Waals surface area (Å²) in [4.78, 5) is 27.6. The van der Waals surface area contributed by atoms with Crippen molar-refractivity contribution in [2.75, 3.05) is 11.9 Å². The molecule has 1 aromatic heterocycles. The standard InChI is InChI=1S/C19H20N2O3/c1-4-24-19(23)18(14(3)22)12-21-17-7-5-6-15(11-17)16-8-9-20-13(2)10-16/h5-12,21H,4H2,1-3H3/b18-12-. The first-order valence-electron chi connectivity index (χ1n) is 7.69. The molecule has 0 saturated carbocycles. The molecular formula is C19H20N2O3. The Morgan fingerprint density at radius 2 is 1.96 bits per heavy atom. The van der Waals surface area contributed by atoms with Crippen LogP contribution < -0.4 is 5.32 Å². The summed E-state index contributed by atoms with van der Waals surface area (Å²) in [7, 11) is 0. The van der Waals surface area contributed by atoms with E-state index in [1.807, 2.05) is 43.3 Å². The number of carbonyl (C=O) groups excluding carboxylic acids is 2. The van der Waals surface area contributed by atoms with Crippen LogP contribution >= 0.6 is 0 Å². The van der Waals surface area contributed by atoms with Crippen LogP contribution in [0.5, 0.6) is 0 Å². The van der Waals surface area contributed by atoms with Crippen LogP contribution in [-0.2, 0) is 14.3 Å². The van der Waals surface area contributed by atoms with E-state index in [0.717, 1.165) is 22.5 Å². The number of hydrogen-bond acceptors (Lipinski definition) is 5. The fourth-order valence-electron chi connectivity index (χ4n) is 2.18. The molecular weight excluding hydrogens is 304 g/mol. The molecule has 0 spiro atoms. The molecule has 0 amide bonds. The molecule has 1 N–H and O–H groups in total. The lowest BCUT2D eigenvalue weighted by molar-refractivity contribution is -0.139. The number of anilines is 1. The maximum Gasteiger partial charge on any atom is 0.343 e. The van der Waals surface area contributed by atoms with E-state index in [-0.39, 0.29) is 18.0 Å². The zero-order valence-corrected chi connectivity index (χ0v) is 14.0. The number of benzene rings is 1. The molecule has 2 rings (SSSR count). The molecule has 5 nitrogen and oxygen atoms in total. The minimum atomic E-state index is -0.626. The number of ether oxygens (including phenoxy) is 1. The minimum Gasteiger partial charge on any atom is -0.462 e. The summed E-state index contributed by atoms with van der Waals surface area (Å²) in [5, 5.41) is 2.99. The highest BCUT2D eigenvalue weighted by molar-refractivity contribution is 6.16. The van der Waals surface area contributed by atoms with Crippen LogP contribution in [0.25, 0.3) is 11.1 Å². The Bertz CT molecular complexity index is 782. The number of ketones is 1. The van der Waals surface area contributed by atoms with E-state index in [1.165, 1.54) is 13.1 Å². The van der Waals surface area contributed by atoms with E-state index in [9.17, 15) is 9.59 Å². The molecule has 124 valence electrons. The van der Waals surface area contributed by atoms with Crippen molar-refractivity contribution >= 4 is 17.4 Å². The normalized spacial score (nSPS) is 11.0. The van der Waals surface area contributed by atoms with Crippen LogP contribution in [0.15, 0.2) is 54.4 Å². The molecule has 5 heteroatoms. The van der Waals surface area contributed by atoms with Gasteiger partial charge in [-0.1, -0.05) is 12.1 Å². The fourth-order valence-corrected chi connectivity index (χ4v) is 2.18. The van der Waals surface area contributed by atoms with Crippen molar-refractivity contribution in [1.82, 2.24) is 4.98 Å². The van der Waals surface area contributed by atoms with Crippen LogP contribution in [0.1, 0.15) is 19.5 Å². The van der Waals surface area contributed by atoms with Crippen LogP contribution in [0.4, 0.5) is 5.69 Å². The van der Waals surface area contributed by atoms with Gasteiger partial charge in [0, 0.05) is 23.8 Å². The van der Waals surface area contributed by atoms with E-state index in [4.69, 9.17) is 4.74 Å². The van der Waals surface area contributed by atoms with Crippen molar-refractivity contribution in [2.45, 2.75) is 20.8 Å². The molecule has 2 aromatic rings. The molecule has 0 aliphatic carbocycles. The van der Waals surface area contributed by atoms with Crippen molar-refractivity contribution in [2.24, 2.45) is 0 Å². The Hall–Kier alpha value is -2.95. The summed E-state index contributed by atoms with van der Waals surface area (Å²) < 4.78 is 4.88. The van der Waals surface area contributed by atoms with E-state index in [1.54, 1.807) is 13.1 Å². The van der Waals surface area contributed by atoms with Gasteiger partial charge in [0.2, 0.25) is 0 Å². The first-order chi connectivity index (χ1) is 11.5. The third-order valence-electron chi connectivity index (χ3n) is 3.35. The smallest absolute Gasteiger partial charge is 0.343 e. The summed E-state index contributed by atoms with van der Waals surface area (Å²) in [6.45, 7) is 5.19. The first-order valence-corrected chi connectivity index (χ1v) is 7.69. The molecule has 0 atom stereocenters. The Balaban J connectivity index is 2.24. The summed E-state index contributed by atoms with van der Waals surface area (Å²) in [5.74, 6) is -0.972. The zero-order valence-electron chi connectivity index (χ0n) is 14.0. The number of carbonyl (C=O) groups is 2. The quantitative estimate of drug-likeness (QED) is 0.381. The average molecular weight is 324 g/mol. The number of Topliss-reactive ketones (excluding diaryl/α,β-unsaturated/α-hetero) is 1. The van der Waals surface area contributed by atoms with Crippen molar-refractivity contribution in [1.29, 1.82) is 0 Å². The third-order valence-corrected chi connectivity index (χ3v) is 3.35. The van der Waals surface area contributed by atoms with E-state index in [2.05, 4.69) is 10.3 Å². The molecule has 0 aliphatic rings. The predicted octanol–water partition coefficient (Wildman–Crippen LogP) is 3.50. The van der Waals surface area contributed by atoms with Crippen LogP contribution in [0.2, 0.25) is 0 Å². The average Bonchev–Trinajstić information content (AvgIpc) is 2.55. The van der Waals surface area contributed by atoms with E-state index < -0.39 is 5.97 Å². The topological polar surface area (TPSA) is 68.3 Å². The van der Waals surface area contributed by atoms with Crippen LogP contribution in [-0.4, -0.2) is 23.3 Å². The number of aromatic nitrogens is 1. The maximum absolute atomic E-state index is 11.8. The summed E-state index contributed by atoms with van der Waals surface area (Å²) >= 11 is 0. The molecule has 0 unspecified atom stereocenters. The van der Waals surface area contributed by atoms with Gasteiger partial charge in [0.1, 0.15) is 5.57 Å². The van der Waals surface area contributed by atoms with Gasteiger partial charge in [0.15, 0.2) is 5.78 Å². The Morgan fingerprint density at radius 1 is 1.21 bits per heavy atom. The highest BCUT2D eigenvalue weighted by Gasteiger charge is 2.15. The number of esters is 1.